The number of allylic oxidation sites excluding steroid dienone is 1. The van der Waals surface area contributed by atoms with Gasteiger partial charge in [0.2, 0.25) is 0 Å². The van der Waals surface area contributed by atoms with Gasteiger partial charge in [-0.3, -0.25) is 0 Å². The predicted octanol–water partition coefficient (Wildman–Crippen LogP) is 6.07. The summed E-state index contributed by atoms with van der Waals surface area (Å²) in [7, 11) is 0. The number of rotatable bonds is 8. The van der Waals surface area contributed by atoms with E-state index >= 15 is 0 Å². The van der Waals surface area contributed by atoms with Gasteiger partial charge in [0.15, 0.2) is 0 Å². The van der Waals surface area contributed by atoms with Crippen molar-refractivity contribution in [1.82, 2.24) is 0 Å². The first-order valence-electron chi connectivity index (χ1n) is 8.87. The maximum Gasteiger partial charge on any atom is 0.113 e. The van der Waals surface area contributed by atoms with E-state index < -0.39 is 0 Å². The molecule has 26 heavy (non-hydrogen) atoms. The van der Waals surface area contributed by atoms with Crippen molar-refractivity contribution in [3.8, 4) is 0 Å². The van der Waals surface area contributed by atoms with Crippen LogP contribution in [0, 0.1) is 0 Å². The highest BCUT2D eigenvalue weighted by molar-refractivity contribution is 5.23. The molecule has 0 saturated heterocycles. The molecule has 2 heteroatoms. The van der Waals surface area contributed by atoms with E-state index in [4.69, 9.17) is 9.47 Å². The van der Waals surface area contributed by atoms with E-state index in [1.807, 2.05) is 67.6 Å². The third-order valence-corrected chi connectivity index (χ3v) is 4.10. The fourth-order valence-corrected chi connectivity index (χ4v) is 2.68. The topological polar surface area (TPSA) is 18.5 Å². The summed E-state index contributed by atoms with van der Waals surface area (Å²) in [6.07, 6.45) is 1.90. The van der Waals surface area contributed by atoms with Crippen LogP contribution in [0.25, 0.3) is 0 Å². The lowest BCUT2D eigenvalue weighted by atomic mass is 10.1. The molecule has 0 spiro atoms. The standard InChI is InChI=1S/C24H24O2/c1-20(25-18-21-11-5-2-6-12-21)17-24(23-15-9-4-10-16-23)26-19-22-13-7-3-8-14-22/h2-17,24H,18-19H2,1H3. The average molecular weight is 344 g/mol. The van der Waals surface area contributed by atoms with Crippen LogP contribution in [0.2, 0.25) is 0 Å². The fourth-order valence-electron chi connectivity index (χ4n) is 2.68. The molecule has 0 saturated carbocycles. The Morgan fingerprint density at radius 2 is 1.23 bits per heavy atom. The Labute approximate surface area is 155 Å². The van der Waals surface area contributed by atoms with Gasteiger partial charge in [-0.05, 0) is 29.7 Å². The molecule has 0 aromatic heterocycles. The minimum Gasteiger partial charge on any atom is -0.494 e. The van der Waals surface area contributed by atoms with Gasteiger partial charge >= 0.3 is 0 Å². The summed E-state index contributed by atoms with van der Waals surface area (Å²) in [5.41, 5.74) is 3.43. The summed E-state index contributed by atoms with van der Waals surface area (Å²) in [6, 6.07) is 30.6. The van der Waals surface area contributed by atoms with Crippen LogP contribution in [0.15, 0.2) is 103 Å². The van der Waals surface area contributed by atoms with Crippen LogP contribution in [0.4, 0.5) is 0 Å². The minimum atomic E-state index is -0.146. The van der Waals surface area contributed by atoms with E-state index in [1.165, 1.54) is 0 Å². The molecule has 3 rings (SSSR count). The molecule has 0 aliphatic carbocycles. The van der Waals surface area contributed by atoms with Crippen molar-refractivity contribution >= 4 is 0 Å². The Morgan fingerprint density at radius 1 is 0.731 bits per heavy atom. The second-order valence-corrected chi connectivity index (χ2v) is 6.18. The van der Waals surface area contributed by atoms with Crippen LogP contribution in [0.5, 0.6) is 0 Å². The third-order valence-electron chi connectivity index (χ3n) is 4.10. The minimum absolute atomic E-state index is 0.146. The van der Waals surface area contributed by atoms with Gasteiger partial charge in [-0.25, -0.2) is 0 Å². The van der Waals surface area contributed by atoms with E-state index in [0.717, 1.165) is 22.4 Å². The quantitative estimate of drug-likeness (QED) is 0.462. The van der Waals surface area contributed by atoms with E-state index in [0.29, 0.717) is 13.2 Å². The van der Waals surface area contributed by atoms with Crippen molar-refractivity contribution < 1.29 is 9.47 Å². The smallest absolute Gasteiger partial charge is 0.113 e. The summed E-state index contributed by atoms with van der Waals surface area (Å²) in [5.74, 6) is 0.857. The van der Waals surface area contributed by atoms with Crippen molar-refractivity contribution in [2.75, 3.05) is 0 Å². The van der Waals surface area contributed by atoms with Crippen molar-refractivity contribution in [3.63, 3.8) is 0 Å². The Hall–Kier alpha value is -2.84. The zero-order chi connectivity index (χ0) is 18.0. The second-order valence-electron chi connectivity index (χ2n) is 6.18. The Morgan fingerprint density at radius 3 is 1.81 bits per heavy atom. The molecule has 3 aromatic rings. The summed E-state index contributed by atoms with van der Waals surface area (Å²) in [5, 5.41) is 0. The molecule has 0 amide bonds. The molecule has 0 radical (unpaired) electrons. The molecule has 0 aliphatic heterocycles. The average Bonchev–Trinajstić information content (AvgIpc) is 2.72. The molecular weight excluding hydrogens is 320 g/mol. The Balaban J connectivity index is 1.68. The molecule has 0 N–H and O–H groups in total. The van der Waals surface area contributed by atoms with Crippen LogP contribution in [-0.4, -0.2) is 0 Å². The highest BCUT2D eigenvalue weighted by Gasteiger charge is 2.10. The fraction of sp³-hybridized carbons (Fsp3) is 0.167. The number of hydrogen-bond acceptors (Lipinski definition) is 2. The molecule has 0 aliphatic rings. The van der Waals surface area contributed by atoms with Gasteiger partial charge < -0.3 is 9.47 Å². The lowest BCUT2D eigenvalue weighted by Crippen LogP contribution is -2.04. The lowest BCUT2D eigenvalue weighted by Gasteiger charge is -2.17. The highest BCUT2D eigenvalue weighted by Crippen LogP contribution is 2.23. The molecule has 1 unspecified atom stereocenters. The van der Waals surface area contributed by atoms with Crippen LogP contribution < -0.4 is 0 Å². The van der Waals surface area contributed by atoms with Crippen molar-refractivity contribution in [2.24, 2.45) is 0 Å². The summed E-state index contributed by atoms with van der Waals surface area (Å²) in [4.78, 5) is 0. The Bertz CT molecular complexity index is 795. The number of hydrogen-bond donors (Lipinski definition) is 0. The van der Waals surface area contributed by atoms with E-state index in [2.05, 4.69) is 36.4 Å². The lowest BCUT2D eigenvalue weighted by molar-refractivity contribution is 0.0671. The number of benzene rings is 3. The van der Waals surface area contributed by atoms with Gasteiger partial charge in [0, 0.05) is 0 Å². The molecule has 132 valence electrons. The SMILES string of the molecule is CC(=CC(OCc1ccccc1)c1ccccc1)OCc1ccccc1. The van der Waals surface area contributed by atoms with Crippen LogP contribution >= 0.6 is 0 Å². The molecule has 1 atom stereocenters. The van der Waals surface area contributed by atoms with E-state index in [9.17, 15) is 0 Å². The molecule has 0 heterocycles. The van der Waals surface area contributed by atoms with Crippen LogP contribution in [-0.2, 0) is 22.7 Å². The molecule has 3 aromatic carbocycles. The second kappa shape index (κ2) is 9.59. The van der Waals surface area contributed by atoms with Crippen molar-refractivity contribution in [2.45, 2.75) is 26.2 Å². The summed E-state index contributed by atoms with van der Waals surface area (Å²) < 4.78 is 12.1. The summed E-state index contributed by atoms with van der Waals surface area (Å²) in [6.45, 7) is 3.09. The summed E-state index contributed by atoms with van der Waals surface area (Å²) >= 11 is 0. The monoisotopic (exact) mass is 344 g/mol. The van der Waals surface area contributed by atoms with Crippen molar-refractivity contribution in [3.05, 3.63) is 120 Å². The van der Waals surface area contributed by atoms with Crippen molar-refractivity contribution in [1.29, 1.82) is 0 Å². The first-order valence-corrected chi connectivity index (χ1v) is 8.87. The maximum absolute atomic E-state index is 6.18. The molecular formula is C24H24O2. The zero-order valence-electron chi connectivity index (χ0n) is 15.0. The normalized spacial score (nSPS) is 12.6. The predicted molar refractivity (Wildman–Crippen MR) is 105 cm³/mol. The number of ether oxygens (including phenoxy) is 2. The van der Waals surface area contributed by atoms with Gasteiger partial charge in [0.05, 0.1) is 12.4 Å². The van der Waals surface area contributed by atoms with Gasteiger partial charge in [-0.1, -0.05) is 91.0 Å². The Kier molecular flexibility index (Phi) is 6.63. The van der Waals surface area contributed by atoms with Crippen LogP contribution in [0.1, 0.15) is 29.7 Å². The highest BCUT2D eigenvalue weighted by atomic mass is 16.5. The van der Waals surface area contributed by atoms with Gasteiger partial charge in [-0.15, -0.1) is 0 Å². The van der Waals surface area contributed by atoms with Crippen LogP contribution in [0.3, 0.4) is 0 Å². The van der Waals surface area contributed by atoms with Gasteiger partial charge in [0.25, 0.3) is 0 Å². The van der Waals surface area contributed by atoms with E-state index in [1.54, 1.807) is 0 Å². The first-order chi connectivity index (χ1) is 12.8. The largest absolute Gasteiger partial charge is 0.494 e. The maximum atomic E-state index is 6.18. The van der Waals surface area contributed by atoms with Gasteiger partial charge in [0.1, 0.15) is 12.7 Å². The molecule has 0 fully saturated rings. The third kappa shape index (κ3) is 5.61. The first kappa shape index (κ1) is 18.0. The molecule has 0 bridgehead atoms. The zero-order valence-corrected chi connectivity index (χ0v) is 15.0. The van der Waals surface area contributed by atoms with E-state index in [-0.39, 0.29) is 6.10 Å². The van der Waals surface area contributed by atoms with Gasteiger partial charge in [-0.2, -0.15) is 0 Å². The molecule has 2 nitrogen and oxygen atoms in total.